The Morgan fingerprint density at radius 2 is 1.45 bits per heavy atom. The van der Waals surface area contributed by atoms with E-state index in [0.717, 1.165) is 5.56 Å². The smallest absolute Gasteiger partial charge is 0.262 e. The van der Waals surface area contributed by atoms with Gasteiger partial charge in [-0.3, -0.25) is 9.52 Å². The van der Waals surface area contributed by atoms with E-state index in [1.807, 2.05) is 24.3 Å². The van der Waals surface area contributed by atoms with Crippen molar-refractivity contribution in [1.29, 1.82) is 0 Å². The minimum Gasteiger partial charge on any atom is -0.483 e. The van der Waals surface area contributed by atoms with Gasteiger partial charge < -0.3 is 10.1 Å². The van der Waals surface area contributed by atoms with Crippen molar-refractivity contribution in [2.24, 2.45) is 0 Å². The third-order valence-electron chi connectivity index (χ3n) is 4.53. The summed E-state index contributed by atoms with van der Waals surface area (Å²) in [5.41, 5.74) is 1.87. The maximum atomic E-state index is 12.5. The molecule has 0 atom stereocenters. The molecular weight excluding hydrogens is 412 g/mol. The third-order valence-corrected chi connectivity index (χ3v) is 5.93. The van der Waals surface area contributed by atoms with Crippen molar-refractivity contribution in [3.8, 4) is 5.75 Å². The first-order valence-electron chi connectivity index (χ1n) is 9.85. The highest BCUT2D eigenvalue weighted by molar-refractivity contribution is 7.92. The minimum absolute atomic E-state index is 0.102. The molecule has 6 nitrogen and oxygen atoms in total. The molecular formula is C24H26N2O4S. The second-order valence-corrected chi connectivity index (χ2v) is 9.76. The zero-order chi connectivity index (χ0) is 22.5. The van der Waals surface area contributed by atoms with Crippen LogP contribution >= 0.6 is 0 Å². The average molecular weight is 439 g/mol. The number of sulfonamides is 1. The maximum absolute atomic E-state index is 12.5. The predicted molar refractivity (Wildman–Crippen MR) is 123 cm³/mol. The Labute approximate surface area is 183 Å². The second-order valence-electron chi connectivity index (χ2n) is 8.08. The number of benzene rings is 3. The number of anilines is 2. The number of rotatable bonds is 7. The fourth-order valence-corrected chi connectivity index (χ4v) is 4.05. The first-order chi connectivity index (χ1) is 14.6. The summed E-state index contributed by atoms with van der Waals surface area (Å²) in [5.74, 6) is 0.334. The number of carbonyl (C=O) groups excluding carboxylic acids is 1. The van der Waals surface area contributed by atoms with Crippen LogP contribution in [0.4, 0.5) is 11.4 Å². The van der Waals surface area contributed by atoms with Gasteiger partial charge >= 0.3 is 0 Å². The van der Waals surface area contributed by atoms with Gasteiger partial charge in [-0.15, -0.1) is 0 Å². The van der Waals surface area contributed by atoms with Gasteiger partial charge in [-0.1, -0.05) is 57.2 Å². The van der Waals surface area contributed by atoms with Gasteiger partial charge in [0.15, 0.2) is 6.61 Å². The van der Waals surface area contributed by atoms with Gasteiger partial charge in [-0.05, 0) is 53.4 Å². The van der Waals surface area contributed by atoms with Crippen LogP contribution in [0.1, 0.15) is 26.3 Å². The van der Waals surface area contributed by atoms with E-state index in [1.165, 1.54) is 12.1 Å². The van der Waals surface area contributed by atoms with Gasteiger partial charge in [0.1, 0.15) is 5.75 Å². The number of amides is 1. The van der Waals surface area contributed by atoms with Crippen LogP contribution in [-0.4, -0.2) is 20.9 Å². The van der Waals surface area contributed by atoms with Crippen molar-refractivity contribution in [2.45, 2.75) is 31.1 Å². The normalized spacial score (nSPS) is 11.6. The standard InChI is InChI=1S/C24H26N2O4S/c1-24(2,3)21-11-7-8-12-22(21)30-17-23(27)25-18-13-15-20(16-14-18)31(28,29)26-19-9-5-4-6-10-19/h4-16,26H,17H2,1-3H3,(H,25,27). The number of para-hydroxylation sites is 2. The fraction of sp³-hybridized carbons (Fsp3) is 0.208. The molecule has 0 heterocycles. The Balaban J connectivity index is 1.61. The number of ether oxygens (including phenoxy) is 1. The van der Waals surface area contributed by atoms with Crippen molar-refractivity contribution >= 4 is 27.3 Å². The van der Waals surface area contributed by atoms with Crippen LogP contribution < -0.4 is 14.8 Å². The molecule has 0 radical (unpaired) electrons. The van der Waals surface area contributed by atoms with E-state index in [0.29, 0.717) is 17.1 Å². The summed E-state index contributed by atoms with van der Waals surface area (Å²) in [4.78, 5) is 12.4. The molecule has 0 aliphatic rings. The summed E-state index contributed by atoms with van der Waals surface area (Å²) in [6.07, 6.45) is 0. The second kappa shape index (κ2) is 9.22. The van der Waals surface area contributed by atoms with Gasteiger partial charge in [0.05, 0.1) is 4.90 Å². The van der Waals surface area contributed by atoms with Crippen molar-refractivity contribution in [3.63, 3.8) is 0 Å². The molecule has 7 heteroatoms. The van der Waals surface area contributed by atoms with Crippen molar-refractivity contribution in [1.82, 2.24) is 0 Å². The lowest BCUT2D eigenvalue weighted by Gasteiger charge is -2.22. The summed E-state index contributed by atoms with van der Waals surface area (Å²) < 4.78 is 33.2. The minimum atomic E-state index is -3.71. The van der Waals surface area contributed by atoms with Gasteiger partial charge in [0.25, 0.3) is 15.9 Å². The molecule has 0 spiro atoms. The molecule has 2 N–H and O–H groups in total. The Kier molecular flexibility index (Phi) is 6.65. The quantitative estimate of drug-likeness (QED) is 0.555. The molecule has 3 rings (SSSR count). The molecule has 162 valence electrons. The molecule has 3 aromatic rings. The summed E-state index contributed by atoms with van der Waals surface area (Å²) in [5, 5.41) is 2.72. The van der Waals surface area contributed by atoms with Gasteiger partial charge in [-0.25, -0.2) is 8.42 Å². The lowest BCUT2D eigenvalue weighted by Crippen LogP contribution is -2.22. The molecule has 0 aliphatic heterocycles. The maximum Gasteiger partial charge on any atom is 0.262 e. The van der Waals surface area contributed by atoms with E-state index in [9.17, 15) is 13.2 Å². The largest absolute Gasteiger partial charge is 0.483 e. The Morgan fingerprint density at radius 1 is 0.839 bits per heavy atom. The first kappa shape index (κ1) is 22.4. The Bertz CT molecular complexity index is 1140. The molecule has 0 aliphatic carbocycles. The number of hydrogen-bond acceptors (Lipinski definition) is 4. The molecule has 0 saturated carbocycles. The van der Waals surface area contributed by atoms with E-state index >= 15 is 0 Å². The van der Waals surface area contributed by atoms with Crippen molar-refractivity contribution < 1.29 is 17.9 Å². The zero-order valence-electron chi connectivity index (χ0n) is 17.8. The molecule has 31 heavy (non-hydrogen) atoms. The highest BCUT2D eigenvalue weighted by Gasteiger charge is 2.19. The van der Waals surface area contributed by atoms with Crippen LogP contribution in [0.5, 0.6) is 5.75 Å². The molecule has 3 aromatic carbocycles. The molecule has 0 unspecified atom stereocenters. The zero-order valence-corrected chi connectivity index (χ0v) is 18.6. The number of carbonyl (C=O) groups is 1. The fourth-order valence-electron chi connectivity index (χ4n) is 2.99. The first-order valence-corrected chi connectivity index (χ1v) is 11.3. The third kappa shape index (κ3) is 6.08. The van der Waals surface area contributed by atoms with Crippen LogP contribution in [0.3, 0.4) is 0 Å². The van der Waals surface area contributed by atoms with Crippen LogP contribution in [-0.2, 0) is 20.2 Å². The van der Waals surface area contributed by atoms with E-state index in [2.05, 4.69) is 30.8 Å². The van der Waals surface area contributed by atoms with Gasteiger partial charge in [0, 0.05) is 11.4 Å². The van der Waals surface area contributed by atoms with E-state index in [-0.39, 0.29) is 22.8 Å². The Hall–Kier alpha value is -3.32. The predicted octanol–water partition coefficient (Wildman–Crippen LogP) is 4.80. The summed E-state index contributed by atoms with van der Waals surface area (Å²) in [6.45, 7) is 6.09. The van der Waals surface area contributed by atoms with E-state index < -0.39 is 10.0 Å². The highest BCUT2D eigenvalue weighted by Crippen LogP contribution is 2.30. The van der Waals surface area contributed by atoms with Gasteiger partial charge in [0.2, 0.25) is 0 Å². The molecule has 0 bridgehead atoms. The summed E-state index contributed by atoms with van der Waals surface area (Å²) >= 11 is 0. The molecule has 0 saturated heterocycles. The van der Waals surface area contributed by atoms with Gasteiger partial charge in [-0.2, -0.15) is 0 Å². The molecule has 1 amide bonds. The van der Waals surface area contributed by atoms with Crippen LogP contribution in [0.2, 0.25) is 0 Å². The van der Waals surface area contributed by atoms with Crippen LogP contribution in [0.25, 0.3) is 0 Å². The van der Waals surface area contributed by atoms with E-state index in [4.69, 9.17) is 4.74 Å². The van der Waals surface area contributed by atoms with E-state index in [1.54, 1.807) is 42.5 Å². The van der Waals surface area contributed by atoms with Crippen molar-refractivity contribution in [3.05, 3.63) is 84.4 Å². The highest BCUT2D eigenvalue weighted by atomic mass is 32.2. The lowest BCUT2D eigenvalue weighted by atomic mass is 9.86. The van der Waals surface area contributed by atoms with Crippen LogP contribution in [0, 0.1) is 0 Å². The average Bonchev–Trinajstić information content (AvgIpc) is 2.73. The monoisotopic (exact) mass is 438 g/mol. The van der Waals surface area contributed by atoms with Crippen molar-refractivity contribution in [2.75, 3.05) is 16.6 Å². The summed E-state index contributed by atoms with van der Waals surface area (Å²) in [6, 6.07) is 22.2. The van der Waals surface area contributed by atoms with Crippen LogP contribution in [0.15, 0.2) is 83.8 Å². The number of nitrogens with one attached hydrogen (secondary N) is 2. The summed E-state index contributed by atoms with van der Waals surface area (Å²) in [7, 11) is -3.71. The Morgan fingerprint density at radius 3 is 2.10 bits per heavy atom. The topological polar surface area (TPSA) is 84.5 Å². The SMILES string of the molecule is CC(C)(C)c1ccccc1OCC(=O)Nc1ccc(S(=O)(=O)Nc2ccccc2)cc1. The number of hydrogen-bond donors (Lipinski definition) is 2. The molecule has 0 aromatic heterocycles. The molecule has 0 fully saturated rings. The lowest BCUT2D eigenvalue weighted by molar-refractivity contribution is -0.118.